The molecule has 0 saturated carbocycles. The summed E-state index contributed by atoms with van der Waals surface area (Å²) < 4.78 is 33.4. The van der Waals surface area contributed by atoms with Crippen molar-refractivity contribution >= 4 is 13.8 Å². The maximum Gasteiger partial charge on any atom is 0.472 e. The largest absolute Gasteiger partial charge is 0.472 e. The van der Waals surface area contributed by atoms with Gasteiger partial charge in [0, 0.05) is 19.6 Å². The van der Waals surface area contributed by atoms with Gasteiger partial charge < -0.3 is 20.1 Å². The Morgan fingerprint density at radius 1 is 0.569 bits per heavy atom. The number of allylic oxidation sites excluding steroid dienone is 2. The van der Waals surface area contributed by atoms with Crippen LogP contribution < -0.4 is 5.73 Å². The van der Waals surface area contributed by atoms with Crippen molar-refractivity contribution in [1.29, 1.82) is 0 Å². The number of esters is 1. The van der Waals surface area contributed by atoms with Crippen LogP contribution in [0.5, 0.6) is 0 Å². The van der Waals surface area contributed by atoms with E-state index in [0.717, 1.165) is 44.9 Å². The molecule has 3 N–H and O–H groups in total. The number of hydrogen-bond donors (Lipinski definition) is 2. The van der Waals surface area contributed by atoms with Crippen LogP contribution in [0.25, 0.3) is 0 Å². The first kappa shape index (κ1) is 50.2. The average Bonchev–Trinajstić information content (AvgIpc) is 3.12. The number of ether oxygens (including phenoxy) is 2. The first-order valence-electron chi connectivity index (χ1n) is 21.7. The molecule has 8 nitrogen and oxygen atoms in total. The maximum absolute atomic E-state index is 12.5. The van der Waals surface area contributed by atoms with Crippen molar-refractivity contribution in [3.8, 4) is 0 Å². The van der Waals surface area contributed by atoms with Gasteiger partial charge in [0.15, 0.2) is 0 Å². The lowest BCUT2D eigenvalue weighted by Crippen LogP contribution is -2.28. The highest BCUT2D eigenvalue weighted by molar-refractivity contribution is 7.47. The maximum atomic E-state index is 12.5. The molecule has 0 aromatic carbocycles. The Morgan fingerprint density at radius 3 is 1.47 bits per heavy atom. The van der Waals surface area contributed by atoms with Gasteiger partial charge in [0.1, 0.15) is 6.10 Å². The second kappa shape index (κ2) is 40.4. The van der Waals surface area contributed by atoms with Crippen LogP contribution in [0.15, 0.2) is 12.2 Å². The molecule has 0 aliphatic heterocycles. The first-order chi connectivity index (χ1) is 24.9. The van der Waals surface area contributed by atoms with Crippen molar-refractivity contribution in [2.45, 2.75) is 219 Å². The third-order valence-electron chi connectivity index (χ3n) is 9.43. The molecular formula is C42H84NO7P. The molecule has 9 heteroatoms. The van der Waals surface area contributed by atoms with Crippen LogP contribution in [0.3, 0.4) is 0 Å². The van der Waals surface area contributed by atoms with Crippen molar-refractivity contribution in [3.05, 3.63) is 12.2 Å². The van der Waals surface area contributed by atoms with Gasteiger partial charge in [-0.2, -0.15) is 0 Å². The van der Waals surface area contributed by atoms with Gasteiger partial charge in [0.2, 0.25) is 0 Å². The second-order valence-electron chi connectivity index (χ2n) is 14.6. The Labute approximate surface area is 315 Å². The van der Waals surface area contributed by atoms with Crippen molar-refractivity contribution in [2.24, 2.45) is 5.73 Å². The minimum atomic E-state index is -4.27. The van der Waals surface area contributed by atoms with E-state index in [1.165, 1.54) is 148 Å². The molecule has 0 aliphatic carbocycles. The SMILES string of the molecule is CCCCC/C=C\CCCCCCCC(=O)OC(COCCCCCCCCCCCCCCCCCCCCCC)COP(=O)(O)OCCN. The summed E-state index contributed by atoms with van der Waals surface area (Å²) >= 11 is 0. The molecular weight excluding hydrogens is 661 g/mol. The van der Waals surface area contributed by atoms with Crippen molar-refractivity contribution in [1.82, 2.24) is 0 Å². The Morgan fingerprint density at radius 2 is 0.980 bits per heavy atom. The Balaban J connectivity index is 3.94. The highest BCUT2D eigenvalue weighted by Crippen LogP contribution is 2.43. The van der Waals surface area contributed by atoms with Gasteiger partial charge in [0.05, 0.1) is 19.8 Å². The topological polar surface area (TPSA) is 117 Å². The molecule has 0 heterocycles. The number of rotatable bonds is 42. The first-order valence-corrected chi connectivity index (χ1v) is 23.2. The molecule has 304 valence electrons. The van der Waals surface area contributed by atoms with E-state index in [9.17, 15) is 14.3 Å². The Bertz CT molecular complexity index is 797. The molecule has 0 bridgehead atoms. The number of carbonyl (C=O) groups is 1. The zero-order valence-corrected chi connectivity index (χ0v) is 34.5. The lowest BCUT2D eigenvalue weighted by Gasteiger charge is -2.20. The number of carbonyl (C=O) groups excluding carboxylic acids is 1. The van der Waals surface area contributed by atoms with E-state index >= 15 is 0 Å². The number of hydrogen-bond acceptors (Lipinski definition) is 7. The van der Waals surface area contributed by atoms with Gasteiger partial charge >= 0.3 is 13.8 Å². The van der Waals surface area contributed by atoms with Crippen LogP contribution in [0.1, 0.15) is 213 Å². The summed E-state index contributed by atoms with van der Waals surface area (Å²) in [5.74, 6) is -0.336. The second-order valence-corrected chi connectivity index (χ2v) is 16.0. The van der Waals surface area contributed by atoms with Gasteiger partial charge in [-0.3, -0.25) is 13.8 Å². The zero-order valence-electron chi connectivity index (χ0n) is 33.6. The summed E-state index contributed by atoms with van der Waals surface area (Å²) in [5, 5.41) is 0. The smallest absolute Gasteiger partial charge is 0.457 e. The third kappa shape index (κ3) is 40.3. The van der Waals surface area contributed by atoms with Crippen LogP contribution in [-0.4, -0.2) is 49.9 Å². The van der Waals surface area contributed by atoms with Gasteiger partial charge in [-0.25, -0.2) is 4.57 Å². The standard InChI is InChI=1S/C42H84NO7P/c1-3-5-7-9-11-13-15-17-18-19-20-21-22-23-24-26-28-30-32-34-37-47-39-41(40-49-51(45,46)48-38-36-43)50-42(44)35-33-31-29-27-25-16-14-12-10-8-6-4-2/h12,14,41H,3-11,13,15-40,43H2,1-2H3,(H,45,46)/b14-12-. The molecule has 51 heavy (non-hydrogen) atoms. The number of nitrogens with two attached hydrogens (primary N) is 1. The fourth-order valence-electron chi connectivity index (χ4n) is 6.23. The molecule has 0 aromatic rings. The Kier molecular flexibility index (Phi) is 39.8. The molecule has 0 aliphatic rings. The highest BCUT2D eigenvalue weighted by Gasteiger charge is 2.25. The van der Waals surface area contributed by atoms with Crippen molar-refractivity contribution in [2.75, 3.05) is 33.0 Å². The summed E-state index contributed by atoms with van der Waals surface area (Å²) in [6.07, 6.45) is 42.3. The quantitative estimate of drug-likeness (QED) is 0.0274. The van der Waals surface area contributed by atoms with E-state index in [4.69, 9.17) is 24.3 Å². The number of phosphoric acid groups is 1. The van der Waals surface area contributed by atoms with E-state index in [2.05, 4.69) is 26.0 Å². The van der Waals surface area contributed by atoms with Crippen molar-refractivity contribution < 1.29 is 32.8 Å². The minimum Gasteiger partial charge on any atom is -0.457 e. The Hall–Kier alpha value is -0.760. The normalized spacial score (nSPS) is 13.6. The molecule has 0 spiro atoms. The van der Waals surface area contributed by atoms with E-state index in [1.54, 1.807) is 0 Å². The minimum absolute atomic E-state index is 0.0938. The molecule has 0 aromatic heterocycles. The van der Waals surface area contributed by atoms with Crippen molar-refractivity contribution in [3.63, 3.8) is 0 Å². The van der Waals surface area contributed by atoms with Crippen LogP contribution in [0.2, 0.25) is 0 Å². The van der Waals surface area contributed by atoms with Crippen LogP contribution in [0.4, 0.5) is 0 Å². The molecule has 0 saturated heterocycles. The number of phosphoric ester groups is 1. The molecule has 0 fully saturated rings. The predicted molar refractivity (Wildman–Crippen MR) is 215 cm³/mol. The van der Waals surface area contributed by atoms with Crippen LogP contribution in [0, 0.1) is 0 Å². The monoisotopic (exact) mass is 746 g/mol. The van der Waals surface area contributed by atoms with E-state index < -0.39 is 13.9 Å². The third-order valence-corrected chi connectivity index (χ3v) is 10.4. The molecule has 2 unspecified atom stereocenters. The van der Waals surface area contributed by atoms with Gasteiger partial charge in [-0.1, -0.05) is 180 Å². The fourth-order valence-corrected chi connectivity index (χ4v) is 6.99. The summed E-state index contributed by atoms with van der Waals surface area (Å²) in [4.78, 5) is 22.4. The fraction of sp³-hybridized carbons (Fsp3) is 0.929. The molecule has 0 rings (SSSR count). The number of unbranched alkanes of at least 4 members (excludes halogenated alkanes) is 27. The summed E-state index contributed by atoms with van der Waals surface area (Å²) in [7, 11) is -4.27. The van der Waals surface area contributed by atoms with Gasteiger partial charge in [-0.15, -0.1) is 0 Å². The van der Waals surface area contributed by atoms with Crippen LogP contribution in [-0.2, 0) is 27.9 Å². The molecule has 0 amide bonds. The summed E-state index contributed by atoms with van der Waals surface area (Å²) in [6, 6.07) is 0. The highest BCUT2D eigenvalue weighted by atomic mass is 31.2. The lowest BCUT2D eigenvalue weighted by atomic mass is 10.0. The molecule has 0 radical (unpaired) electrons. The average molecular weight is 746 g/mol. The predicted octanol–water partition coefficient (Wildman–Crippen LogP) is 12.7. The van der Waals surface area contributed by atoms with E-state index in [1.807, 2.05) is 0 Å². The van der Waals surface area contributed by atoms with Gasteiger partial charge in [0.25, 0.3) is 0 Å². The van der Waals surface area contributed by atoms with E-state index in [-0.39, 0.29) is 32.3 Å². The van der Waals surface area contributed by atoms with Gasteiger partial charge in [-0.05, 0) is 38.5 Å². The summed E-state index contributed by atoms with van der Waals surface area (Å²) in [5.41, 5.74) is 5.36. The lowest BCUT2D eigenvalue weighted by molar-refractivity contribution is -0.154. The zero-order chi connectivity index (χ0) is 37.4. The van der Waals surface area contributed by atoms with Crippen LogP contribution >= 0.6 is 7.82 Å². The molecule has 2 atom stereocenters. The van der Waals surface area contributed by atoms with E-state index in [0.29, 0.717) is 13.0 Å². The summed E-state index contributed by atoms with van der Waals surface area (Å²) in [6.45, 7) is 4.93.